The van der Waals surface area contributed by atoms with Gasteiger partial charge >= 0.3 is 7.12 Å². The Bertz CT molecular complexity index is 680. The van der Waals surface area contributed by atoms with Crippen molar-refractivity contribution in [2.45, 2.75) is 45.8 Å². The summed E-state index contributed by atoms with van der Waals surface area (Å²) < 4.78 is 39.0. The monoisotopic (exact) mass is 353 g/mol. The molecular formula is C17H22BF2NO4. The molecule has 1 heterocycles. The molecule has 1 fully saturated rings. The summed E-state index contributed by atoms with van der Waals surface area (Å²) in [6, 6.07) is 1.99. The summed E-state index contributed by atoms with van der Waals surface area (Å²) in [5, 5.41) is 11.8. The molecule has 0 atom stereocenters. The minimum Gasteiger partial charge on any atom is -0.503 e. The molecule has 0 radical (unpaired) electrons. The number of hydrogen-bond donors (Lipinski definition) is 2. The fourth-order valence-corrected chi connectivity index (χ4v) is 2.31. The Morgan fingerprint density at radius 1 is 1.20 bits per heavy atom. The third-order valence-corrected chi connectivity index (χ3v) is 4.49. The number of halogens is 2. The zero-order valence-electron chi connectivity index (χ0n) is 14.9. The second kappa shape index (κ2) is 6.76. The van der Waals surface area contributed by atoms with Gasteiger partial charge in [0.1, 0.15) is 0 Å². The Kier molecular flexibility index (Phi) is 5.25. The van der Waals surface area contributed by atoms with Crippen molar-refractivity contribution < 1.29 is 28.0 Å². The van der Waals surface area contributed by atoms with Gasteiger partial charge in [0.2, 0.25) is 5.91 Å². The maximum Gasteiger partial charge on any atom is 0.492 e. The van der Waals surface area contributed by atoms with E-state index < -0.39 is 35.7 Å². The normalized spacial score (nSPS) is 19.2. The molecule has 1 amide bonds. The van der Waals surface area contributed by atoms with E-state index in [0.717, 1.165) is 12.1 Å². The standard InChI is InChI=1S/C17H22BF2NO4/c1-10(22)21-9-12(18-24-16(2,3)17(4,5)25-18)6-11-7-13(19)15(23)14(20)8-11/h6-8,23H,9H2,1-5H3,(H,21,22). The van der Waals surface area contributed by atoms with Crippen LogP contribution in [0.3, 0.4) is 0 Å². The Morgan fingerprint density at radius 2 is 1.68 bits per heavy atom. The van der Waals surface area contributed by atoms with E-state index in [0.29, 0.717) is 5.47 Å². The zero-order valence-corrected chi connectivity index (χ0v) is 14.9. The minimum atomic E-state index is -1.07. The third kappa shape index (κ3) is 4.19. The highest BCUT2D eigenvalue weighted by Crippen LogP contribution is 2.38. The lowest BCUT2D eigenvalue weighted by Gasteiger charge is -2.32. The Morgan fingerprint density at radius 3 is 2.12 bits per heavy atom. The molecule has 25 heavy (non-hydrogen) atoms. The summed E-state index contributed by atoms with van der Waals surface area (Å²) in [5.74, 6) is -3.43. The topological polar surface area (TPSA) is 67.8 Å². The summed E-state index contributed by atoms with van der Waals surface area (Å²) in [6.07, 6.45) is 1.48. The zero-order chi connectivity index (χ0) is 19.0. The van der Waals surface area contributed by atoms with Crippen LogP contribution >= 0.6 is 0 Å². The van der Waals surface area contributed by atoms with Crippen LogP contribution in [0.25, 0.3) is 6.08 Å². The van der Waals surface area contributed by atoms with Crippen LogP contribution in [0.5, 0.6) is 5.75 Å². The van der Waals surface area contributed by atoms with E-state index in [-0.39, 0.29) is 18.0 Å². The SMILES string of the molecule is CC(=O)NCC(=Cc1cc(F)c(O)c(F)c1)B1OC(C)(C)C(C)(C)O1. The first-order valence-electron chi connectivity index (χ1n) is 7.91. The first kappa shape index (κ1) is 19.4. The number of phenolic OH excluding ortho intramolecular Hbond substituents is 1. The molecule has 0 bridgehead atoms. The number of amides is 1. The van der Waals surface area contributed by atoms with Crippen LogP contribution in [0.1, 0.15) is 40.2 Å². The molecule has 1 aromatic rings. The average Bonchev–Trinajstić information content (AvgIpc) is 2.68. The van der Waals surface area contributed by atoms with E-state index in [1.165, 1.54) is 13.0 Å². The molecule has 1 aliphatic rings. The highest BCUT2D eigenvalue weighted by Gasteiger charge is 2.52. The predicted molar refractivity (Wildman–Crippen MR) is 90.8 cm³/mol. The van der Waals surface area contributed by atoms with Gasteiger partial charge in [0, 0.05) is 13.5 Å². The van der Waals surface area contributed by atoms with Gasteiger partial charge in [0.15, 0.2) is 17.4 Å². The molecule has 0 saturated carbocycles. The molecule has 0 spiro atoms. The molecular weight excluding hydrogens is 331 g/mol. The molecule has 0 unspecified atom stereocenters. The van der Waals surface area contributed by atoms with Crippen LogP contribution in [0.2, 0.25) is 0 Å². The molecule has 136 valence electrons. The maximum atomic E-state index is 13.6. The van der Waals surface area contributed by atoms with Crippen LogP contribution in [-0.2, 0) is 14.1 Å². The van der Waals surface area contributed by atoms with Crippen molar-refractivity contribution in [1.82, 2.24) is 5.32 Å². The van der Waals surface area contributed by atoms with Crippen LogP contribution in [-0.4, -0.2) is 35.9 Å². The summed E-state index contributed by atoms with van der Waals surface area (Å²) in [5.41, 5.74) is -0.516. The van der Waals surface area contributed by atoms with Gasteiger partial charge in [-0.15, -0.1) is 0 Å². The average molecular weight is 353 g/mol. The minimum absolute atomic E-state index is 0.0935. The van der Waals surface area contributed by atoms with E-state index in [1.807, 2.05) is 27.7 Å². The summed E-state index contributed by atoms with van der Waals surface area (Å²) >= 11 is 0. The fraction of sp³-hybridized carbons (Fsp3) is 0.471. The molecule has 8 heteroatoms. The van der Waals surface area contributed by atoms with E-state index >= 15 is 0 Å². The van der Waals surface area contributed by atoms with Crippen molar-refractivity contribution in [3.63, 3.8) is 0 Å². The molecule has 2 rings (SSSR count). The van der Waals surface area contributed by atoms with Crippen molar-refractivity contribution in [3.8, 4) is 5.75 Å². The van der Waals surface area contributed by atoms with Crippen molar-refractivity contribution in [1.29, 1.82) is 0 Å². The largest absolute Gasteiger partial charge is 0.503 e. The summed E-state index contributed by atoms with van der Waals surface area (Å²) in [7, 11) is -0.781. The van der Waals surface area contributed by atoms with Gasteiger partial charge in [-0.05, 0) is 50.9 Å². The number of aromatic hydroxyl groups is 1. The first-order chi connectivity index (χ1) is 11.4. The molecule has 1 saturated heterocycles. The number of phenols is 1. The highest BCUT2D eigenvalue weighted by atomic mass is 19.1. The molecule has 0 aliphatic carbocycles. The first-order valence-corrected chi connectivity index (χ1v) is 7.91. The molecule has 5 nitrogen and oxygen atoms in total. The van der Waals surface area contributed by atoms with E-state index in [1.54, 1.807) is 0 Å². The number of carbonyl (C=O) groups is 1. The van der Waals surface area contributed by atoms with Crippen molar-refractivity contribution in [2.24, 2.45) is 0 Å². The number of rotatable bonds is 4. The van der Waals surface area contributed by atoms with Gasteiger partial charge in [-0.2, -0.15) is 0 Å². The van der Waals surface area contributed by atoms with Gasteiger partial charge in [-0.1, -0.05) is 6.08 Å². The van der Waals surface area contributed by atoms with Gasteiger partial charge in [-0.25, -0.2) is 8.78 Å². The fourth-order valence-electron chi connectivity index (χ4n) is 2.31. The van der Waals surface area contributed by atoms with E-state index in [4.69, 9.17) is 9.31 Å². The number of hydrogen-bond acceptors (Lipinski definition) is 4. The quantitative estimate of drug-likeness (QED) is 0.817. The predicted octanol–water partition coefficient (Wildman–Crippen LogP) is 2.82. The van der Waals surface area contributed by atoms with Crippen molar-refractivity contribution in [3.05, 3.63) is 34.8 Å². The van der Waals surface area contributed by atoms with Crippen LogP contribution in [0, 0.1) is 11.6 Å². The lowest BCUT2D eigenvalue weighted by atomic mass is 9.77. The summed E-state index contributed by atoms with van der Waals surface area (Å²) in [4.78, 5) is 11.3. The Hall–Kier alpha value is -1.93. The second-order valence-electron chi connectivity index (χ2n) is 7.05. The number of carbonyl (C=O) groups excluding carboxylic acids is 1. The van der Waals surface area contributed by atoms with Gasteiger partial charge in [-0.3, -0.25) is 4.79 Å². The number of nitrogens with one attached hydrogen (secondary N) is 1. The third-order valence-electron chi connectivity index (χ3n) is 4.49. The van der Waals surface area contributed by atoms with Crippen LogP contribution in [0.15, 0.2) is 17.6 Å². The van der Waals surface area contributed by atoms with E-state index in [2.05, 4.69) is 5.32 Å². The van der Waals surface area contributed by atoms with Crippen molar-refractivity contribution >= 4 is 19.1 Å². The Balaban J connectivity index is 2.38. The molecule has 2 N–H and O–H groups in total. The highest BCUT2D eigenvalue weighted by molar-refractivity contribution is 6.56. The van der Waals surface area contributed by atoms with Crippen LogP contribution in [0.4, 0.5) is 8.78 Å². The van der Waals surface area contributed by atoms with E-state index in [9.17, 15) is 18.7 Å². The second-order valence-corrected chi connectivity index (χ2v) is 7.05. The summed E-state index contributed by atoms with van der Waals surface area (Å²) in [6.45, 7) is 8.97. The molecule has 1 aliphatic heterocycles. The smallest absolute Gasteiger partial charge is 0.492 e. The van der Waals surface area contributed by atoms with Crippen molar-refractivity contribution in [2.75, 3.05) is 6.54 Å². The number of benzene rings is 1. The van der Waals surface area contributed by atoms with Crippen LogP contribution < -0.4 is 5.32 Å². The maximum absolute atomic E-state index is 13.6. The Labute approximate surface area is 146 Å². The lowest BCUT2D eigenvalue weighted by molar-refractivity contribution is -0.118. The molecule has 0 aromatic heterocycles. The lowest BCUT2D eigenvalue weighted by Crippen LogP contribution is -2.41. The van der Waals surface area contributed by atoms with Gasteiger partial charge in [0.25, 0.3) is 0 Å². The van der Waals surface area contributed by atoms with Gasteiger partial charge < -0.3 is 19.7 Å². The molecule has 1 aromatic carbocycles. The van der Waals surface area contributed by atoms with Gasteiger partial charge in [0.05, 0.1) is 11.2 Å².